The highest BCUT2D eigenvalue weighted by atomic mass is 32.2. The molecule has 0 amide bonds. The summed E-state index contributed by atoms with van der Waals surface area (Å²) in [6.45, 7) is 0. The number of hydrogen-bond donors (Lipinski definition) is 0. The molecule has 1 aromatic carbocycles. The summed E-state index contributed by atoms with van der Waals surface area (Å²) in [6.07, 6.45) is 3.95. The lowest BCUT2D eigenvalue weighted by Gasteiger charge is -2.49. The third kappa shape index (κ3) is 5.05. The van der Waals surface area contributed by atoms with Crippen LogP contribution < -0.4 is 0 Å². The van der Waals surface area contributed by atoms with Crippen molar-refractivity contribution in [3.05, 3.63) is 88.9 Å². The van der Waals surface area contributed by atoms with Gasteiger partial charge in [0.15, 0.2) is 5.78 Å². The number of hydrogen-bond acceptors (Lipinski definition) is 7. The largest absolute Gasteiger partial charge is 0.416 e. The molecule has 0 unspecified atom stereocenters. The first-order valence-electron chi connectivity index (χ1n) is 14.9. The van der Waals surface area contributed by atoms with E-state index in [0.717, 1.165) is 24.8 Å². The van der Waals surface area contributed by atoms with E-state index in [9.17, 15) is 30.8 Å². The van der Waals surface area contributed by atoms with E-state index in [1.807, 2.05) is 6.08 Å². The number of nitrogens with zero attached hydrogens (tertiary/aromatic N) is 7. The van der Waals surface area contributed by atoms with Gasteiger partial charge in [-0.15, -0.1) is 5.10 Å². The summed E-state index contributed by atoms with van der Waals surface area (Å²) in [5, 5.41) is 12.0. The Balaban J connectivity index is 1.34. The SMILES string of the molecule is Cn1cc(S(=O)(=O)N(C2CCC2)[C@H]2CCC3=Cc4c(cnn4-c4ccc(F)cc4)C[C@]3(C(=O)c3cc(C(F)(F)F)ccn3)C2)nn1. The van der Waals surface area contributed by atoms with Crippen LogP contribution in [0.2, 0.25) is 0 Å². The lowest BCUT2D eigenvalue weighted by Crippen LogP contribution is -2.55. The van der Waals surface area contributed by atoms with Crippen molar-refractivity contribution in [1.29, 1.82) is 0 Å². The summed E-state index contributed by atoms with van der Waals surface area (Å²) >= 11 is 0. The molecule has 0 radical (unpaired) electrons. The number of Topliss-reactive ketones (excluding diaryl/α,β-unsaturated/α-hetero) is 1. The van der Waals surface area contributed by atoms with Crippen LogP contribution in [-0.2, 0) is 29.7 Å². The fourth-order valence-corrected chi connectivity index (χ4v) is 8.77. The molecule has 3 aliphatic rings. The zero-order chi connectivity index (χ0) is 32.4. The van der Waals surface area contributed by atoms with Crippen molar-refractivity contribution in [3.8, 4) is 5.69 Å². The number of fused-ring (bicyclic) bond motifs is 2. The molecule has 3 heterocycles. The zero-order valence-electron chi connectivity index (χ0n) is 24.7. The Hall–Kier alpha value is -4.24. The van der Waals surface area contributed by atoms with E-state index in [1.54, 1.807) is 30.1 Å². The number of carbonyl (C=O) groups excluding carboxylic acids is 1. The number of sulfonamides is 1. The lowest BCUT2D eigenvalue weighted by molar-refractivity contribution is -0.137. The van der Waals surface area contributed by atoms with Crippen LogP contribution in [0.15, 0.2) is 65.6 Å². The molecular formula is C31H29F4N7O3S. The van der Waals surface area contributed by atoms with Crippen LogP contribution in [0.3, 0.4) is 0 Å². The maximum atomic E-state index is 14.6. The molecule has 4 aromatic rings. The van der Waals surface area contributed by atoms with E-state index >= 15 is 0 Å². The molecule has 2 atom stereocenters. The topological polar surface area (TPSA) is 116 Å². The van der Waals surface area contributed by atoms with Gasteiger partial charge in [-0.2, -0.15) is 22.6 Å². The molecule has 10 nitrogen and oxygen atoms in total. The van der Waals surface area contributed by atoms with Crippen molar-refractivity contribution < 1.29 is 30.8 Å². The summed E-state index contributed by atoms with van der Waals surface area (Å²) in [7, 11) is -2.55. The predicted octanol–water partition coefficient (Wildman–Crippen LogP) is 5.16. The number of alkyl halides is 3. The van der Waals surface area contributed by atoms with Gasteiger partial charge in [0, 0.05) is 25.3 Å². The number of aryl methyl sites for hydroxylation is 1. The van der Waals surface area contributed by atoms with E-state index in [4.69, 9.17) is 0 Å². The van der Waals surface area contributed by atoms with E-state index < -0.39 is 44.8 Å². The van der Waals surface area contributed by atoms with Crippen LogP contribution in [0.5, 0.6) is 0 Å². The van der Waals surface area contributed by atoms with Gasteiger partial charge in [0.1, 0.15) is 11.5 Å². The number of ketones is 1. The van der Waals surface area contributed by atoms with E-state index in [2.05, 4.69) is 20.4 Å². The average Bonchev–Trinajstić information content (AvgIpc) is 3.63. The normalized spacial score (nSPS) is 21.8. The van der Waals surface area contributed by atoms with Gasteiger partial charge in [0.05, 0.1) is 34.8 Å². The van der Waals surface area contributed by atoms with Gasteiger partial charge in [-0.1, -0.05) is 17.2 Å². The molecular weight excluding hydrogens is 626 g/mol. The van der Waals surface area contributed by atoms with Gasteiger partial charge in [0.25, 0.3) is 10.0 Å². The van der Waals surface area contributed by atoms with Crippen molar-refractivity contribution in [1.82, 2.24) is 34.1 Å². The molecule has 0 N–H and O–H groups in total. The highest BCUT2D eigenvalue weighted by Gasteiger charge is 2.53. The van der Waals surface area contributed by atoms with Crippen molar-refractivity contribution in [2.75, 3.05) is 0 Å². The van der Waals surface area contributed by atoms with Crippen molar-refractivity contribution in [2.45, 2.75) is 68.2 Å². The second kappa shape index (κ2) is 10.9. The first-order valence-corrected chi connectivity index (χ1v) is 16.3. The van der Waals surface area contributed by atoms with Crippen LogP contribution >= 0.6 is 0 Å². The van der Waals surface area contributed by atoms with Crippen LogP contribution in [-0.4, -0.2) is 60.3 Å². The Morgan fingerprint density at radius 3 is 2.50 bits per heavy atom. The quantitative estimate of drug-likeness (QED) is 0.200. The van der Waals surface area contributed by atoms with Crippen molar-refractivity contribution >= 4 is 21.9 Å². The highest BCUT2D eigenvalue weighted by molar-refractivity contribution is 7.89. The molecule has 0 aliphatic heterocycles. The molecule has 3 aliphatic carbocycles. The number of carbonyl (C=O) groups is 1. The minimum Gasteiger partial charge on any atom is -0.291 e. The fraction of sp³-hybridized carbons (Fsp3) is 0.387. The number of allylic oxidation sites excluding steroid dienone is 1. The molecule has 7 rings (SSSR count). The smallest absolute Gasteiger partial charge is 0.291 e. The Bertz CT molecular complexity index is 1970. The third-order valence-electron chi connectivity index (χ3n) is 9.38. The monoisotopic (exact) mass is 655 g/mol. The van der Waals surface area contributed by atoms with Crippen molar-refractivity contribution in [3.63, 3.8) is 0 Å². The second-order valence-corrected chi connectivity index (χ2v) is 14.0. The van der Waals surface area contributed by atoms with Crippen LogP contribution in [0, 0.1) is 11.2 Å². The van der Waals surface area contributed by atoms with Crippen LogP contribution in [0.25, 0.3) is 11.8 Å². The number of pyridine rings is 1. The summed E-state index contributed by atoms with van der Waals surface area (Å²) < 4.78 is 87.3. The maximum Gasteiger partial charge on any atom is 0.416 e. The average molecular weight is 656 g/mol. The highest BCUT2D eigenvalue weighted by Crippen LogP contribution is 2.52. The zero-order valence-corrected chi connectivity index (χ0v) is 25.5. The van der Waals surface area contributed by atoms with Gasteiger partial charge in [0.2, 0.25) is 5.03 Å². The Morgan fingerprint density at radius 1 is 1.09 bits per heavy atom. The van der Waals surface area contributed by atoms with Gasteiger partial charge < -0.3 is 0 Å². The number of aromatic nitrogens is 6. The summed E-state index contributed by atoms with van der Waals surface area (Å²) in [5.41, 5.74) is -0.147. The molecule has 46 heavy (non-hydrogen) atoms. The predicted molar refractivity (Wildman–Crippen MR) is 157 cm³/mol. The van der Waals surface area contributed by atoms with Crippen molar-refractivity contribution in [2.24, 2.45) is 12.5 Å². The van der Waals surface area contributed by atoms with E-state index in [-0.39, 0.29) is 29.6 Å². The van der Waals surface area contributed by atoms with E-state index in [1.165, 1.54) is 27.3 Å². The molecule has 3 aromatic heterocycles. The summed E-state index contributed by atoms with van der Waals surface area (Å²) in [4.78, 5) is 18.6. The molecule has 0 saturated heterocycles. The molecule has 240 valence electrons. The Labute approximate surface area is 261 Å². The number of benzene rings is 1. The van der Waals surface area contributed by atoms with Gasteiger partial charge >= 0.3 is 6.18 Å². The van der Waals surface area contributed by atoms with Crippen LogP contribution in [0.1, 0.15) is 65.8 Å². The molecule has 2 saturated carbocycles. The number of halogens is 4. The fourth-order valence-electron chi connectivity index (χ4n) is 6.95. The van der Waals surface area contributed by atoms with Gasteiger partial charge in [-0.05, 0) is 86.6 Å². The van der Waals surface area contributed by atoms with Crippen LogP contribution in [0.4, 0.5) is 17.6 Å². The Morgan fingerprint density at radius 2 is 1.85 bits per heavy atom. The second-order valence-electron chi connectivity index (χ2n) is 12.2. The standard InChI is InChI=1S/C31H29F4N7O3S/c1-40-18-28(38-39-40)46(44,45)42(24-3-2-4-24)25-8-5-20-14-27-19(17-37-41(27)23-9-6-22(32)7-10-23)15-30(20,16-25)29(43)26-13-21(11-12-36-26)31(33,34)35/h6-7,9-14,17-18,24-25H,2-5,8,15-16H2,1H3/t25-,30-/m0/s1. The van der Waals surface area contributed by atoms with E-state index in [0.29, 0.717) is 48.2 Å². The van der Waals surface area contributed by atoms with Gasteiger partial charge in [-0.3, -0.25) is 14.5 Å². The summed E-state index contributed by atoms with van der Waals surface area (Å²) in [5.74, 6) is -1.02. The molecule has 15 heteroatoms. The van der Waals surface area contributed by atoms with Gasteiger partial charge in [-0.25, -0.2) is 17.5 Å². The minimum atomic E-state index is -4.69. The first-order chi connectivity index (χ1) is 21.9. The third-order valence-corrected chi connectivity index (χ3v) is 11.2. The minimum absolute atomic E-state index is 0.0345. The Kier molecular flexibility index (Phi) is 7.23. The lowest BCUT2D eigenvalue weighted by atomic mass is 9.60. The maximum absolute atomic E-state index is 14.6. The summed E-state index contributed by atoms with van der Waals surface area (Å²) in [6, 6.07) is 6.40. The molecule has 0 bridgehead atoms. The number of rotatable bonds is 7. The molecule has 2 fully saturated rings. The first kappa shape index (κ1) is 30.4. The molecule has 0 spiro atoms.